The number of hydrogen-bond donors (Lipinski definition) is 0. The Morgan fingerprint density at radius 3 is 2.61 bits per heavy atom. The van der Waals surface area contributed by atoms with Crippen molar-refractivity contribution in [3.05, 3.63) is 18.6 Å². The highest BCUT2D eigenvalue weighted by Crippen LogP contribution is 2.12. The van der Waals surface area contributed by atoms with E-state index in [1.165, 1.54) is 0 Å². The fourth-order valence-corrected chi connectivity index (χ4v) is 1.94. The van der Waals surface area contributed by atoms with Gasteiger partial charge in [0.1, 0.15) is 5.52 Å². The van der Waals surface area contributed by atoms with Crippen LogP contribution in [0.2, 0.25) is 0 Å². The van der Waals surface area contributed by atoms with Gasteiger partial charge in [0.2, 0.25) is 12.4 Å². The molecule has 7 nitrogen and oxygen atoms in total. The van der Waals surface area contributed by atoms with Crippen molar-refractivity contribution in [2.45, 2.75) is 0 Å². The van der Waals surface area contributed by atoms with Crippen molar-refractivity contribution in [2.75, 3.05) is 31.1 Å². The van der Waals surface area contributed by atoms with E-state index >= 15 is 0 Å². The molecular weight excluding hydrogens is 232 g/mol. The Hall–Kier alpha value is -2.31. The van der Waals surface area contributed by atoms with Gasteiger partial charge in [0.05, 0.1) is 6.20 Å². The number of fused-ring (bicyclic) bond motifs is 1. The second kappa shape index (κ2) is 4.52. The van der Waals surface area contributed by atoms with E-state index in [-0.39, 0.29) is 0 Å². The van der Waals surface area contributed by atoms with Crippen LogP contribution in [0.5, 0.6) is 0 Å². The molecule has 0 unspecified atom stereocenters. The number of carbonyl (C=O) groups excluding carboxylic acids is 1. The minimum absolute atomic E-state index is 0.598. The molecular formula is C11H12N6O. The Labute approximate surface area is 103 Å². The summed E-state index contributed by atoms with van der Waals surface area (Å²) in [7, 11) is 0. The lowest BCUT2D eigenvalue weighted by molar-refractivity contribution is -0.118. The molecule has 92 valence electrons. The quantitative estimate of drug-likeness (QED) is 0.675. The van der Waals surface area contributed by atoms with Crippen molar-refractivity contribution in [3.8, 4) is 0 Å². The second-order valence-electron chi connectivity index (χ2n) is 4.06. The summed E-state index contributed by atoms with van der Waals surface area (Å²) in [6.45, 7) is 2.88. The Morgan fingerprint density at radius 2 is 1.83 bits per heavy atom. The number of rotatable bonds is 2. The summed E-state index contributed by atoms with van der Waals surface area (Å²) in [5.41, 5.74) is 1.29. The molecule has 2 aromatic heterocycles. The van der Waals surface area contributed by atoms with Crippen molar-refractivity contribution in [1.29, 1.82) is 0 Å². The predicted molar refractivity (Wildman–Crippen MR) is 65.0 cm³/mol. The lowest BCUT2D eigenvalue weighted by atomic mass is 10.3. The first-order valence-corrected chi connectivity index (χ1v) is 5.75. The molecule has 1 saturated heterocycles. The molecule has 0 bridgehead atoms. The predicted octanol–water partition coefficient (Wildman–Crippen LogP) is -0.302. The molecule has 1 aliphatic heterocycles. The first kappa shape index (κ1) is 10.8. The fourth-order valence-electron chi connectivity index (χ4n) is 1.94. The molecule has 0 aromatic carbocycles. The molecule has 18 heavy (non-hydrogen) atoms. The first-order chi connectivity index (χ1) is 8.86. The van der Waals surface area contributed by atoms with Crippen LogP contribution in [-0.2, 0) is 4.79 Å². The van der Waals surface area contributed by atoms with Crippen LogP contribution in [0.4, 0.5) is 5.95 Å². The number of amides is 1. The van der Waals surface area contributed by atoms with Crippen LogP contribution in [0.15, 0.2) is 18.6 Å². The van der Waals surface area contributed by atoms with E-state index in [4.69, 9.17) is 0 Å². The zero-order valence-corrected chi connectivity index (χ0v) is 9.73. The average Bonchev–Trinajstić information content (AvgIpc) is 2.47. The van der Waals surface area contributed by atoms with Crippen molar-refractivity contribution in [2.24, 2.45) is 0 Å². The van der Waals surface area contributed by atoms with Crippen molar-refractivity contribution < 1.29 is 4.79 Å². The van der Waals surface area contributed by atoms with Gasteiger partial charge < -0.3 is 9.80 Å². The molecule has 2 aromatic rings. The van der Waals surface area contributed by atoms with Gasteiger partial charge in [0.15, 0.2) is 5.65 Å². The summed E-state index contributed by atoms with van der Waals surface area (Å²) in [6, 6.07) is 0. The van der Waals surface area contributed by atoms with E-state index in [0.29, 0.717) is 30.2 Å². The van der Waals surface area contributed by atoms with E-state index < -0.39 is 0 Å². The average molecular weight is 244 g/mol. The SMILES string of the molecule is O=CN1CCN(c2ncc3nccnc3n2)CC1. The monoisotopic (exact) mass is 244 g/mol. The molecule has 1 fully saturated rings. The van der Waals surface area contributed by atoms with Gasteiger partial charge in [-0.15, -0.1) is 0 Å². The van der Waals surface area contributed by atoms with Gasteiger partial charge in [-0.25, -0.2) is 15.0 Å². The molecule has 3 rings (SSSR count). The fraction of sp³-hybridized carbons (Fsp3) is 0.364. The minimum atomic E-state index is 0.598. The highest BCUT2D eigenvalue weighted by atomic mass is 16.1. The molecule has 1 amide bonds. The van der Waals surface area contributed by atoms with Crippen molar-refractivity contribution in [3.63, 3.8) is 0 Å². The van der Waals surface area contributed by atoms with Crippen LogP contribution >= 0.6 is 0 Å². The maximum Gasteiger partial charge on any atom is 0.227 e. The molecule has 3 heterocycles. The van der Waals surface area contributed by atoms with Gasteiger partial charge in [0.25, 0.3) is 0 Å². The summed E-state index contributed by atoms with van der Waals surface area (Å²) >= 11 is 0. The highest BCUT2D eigenvalue weighted by molar-refractivity contribution is 5.69. The third-order valence-corrected chi connectivity index (χ3v) is 2.96. The van der Waals surface area contributed by atoms with Crippen LogP contribution in [0, 0.1) is 0 Å². The van der Waals surface area contributed by atoms with Gasteiger partial charge in [-0.05, 0) is 0 Å². The molecule has 0 N–H and O–H groups in total. The third kappa shape index (κ3) is 1.94. The summed E-state index contributed by atoms with van der Waals surface area (Å²) < 4.78 is 0. The first-order valence-electron chi connectivity index (χ1n) is 5.75. The van der Waals surface area contributed by atoms with Crippen LogP contribution in [0.25, 0.3) is 11.2 Å². The number of piperazine rings is 1. The van der Waals surface area contributed by atoms with Gasteiger partial charge in [0, 0.05) is 38.6 Å². The number of nitrogens with zero attached hydrogens (tertiary/aromatic N) is 6. The van der Waals surface area contributed by atoms with Crippen LogP contribution < -0.4 is 4.90 Å². The van der Waals surface area contributed by atoms with Crippen molar-refractivity contribution in [1.82, 2.24) is 24.8 Å². The van der Waals surface area contributed by atoms with Gasteiger partial charge in [-0.3, -0.25) is 4.79 Å². The molecule has 0 atom stereocenters. The molecule has 0 aliphatic carbocycles. The summed E-state index contributed by atoms with van der Waals surface area (Å²) in [5.74, 6) is 0.647. The Kier molecular flexibility index (Phi) is 2.71. The van der Waals surface area contributed by atoms with Crippen LogP contribution in [0.3, 0.4) is 0 Å². The minimum Gasteiger partial charge on any atom is -0.342 e. The number of carbonyl (C=O) groups is 1. The van der Waals surface area contributed by atoms with Crippen molar-refractivity contribution >= 4 is 23.5 Å². The zero-order chi connectivity index (χ0) is 12.4. The molecule has 7 heteroatoms. The smallest absolute Gasteiger partial charge is 0.227 e. The maximum absolute atomic E-state index is 10.6. The Bertz CT molecular complexity index is 566. The van der Waals surface area contributed by atoms with Gasteiger partial charge in [-0.2, -0.15) is 4.98 Å². The van der Waals surface area contributed by atoms with E-state index in [1.54, 1.807) is 23.5 Å². The van der Waals surface area contributed by atoms with E-state index in [9.17, 15) is 4.79 Å². The summed E-state index contributed by atoms with van der Waals surface area (Å²) in [6.07, 6.45) is 5.79. The van der Waals surface area contributed by atoms with Crippen LogP contribution in [-0.4, -0.2) is 57.4 Å². The Balaban J connectivity index is 1.84. The van der Waals surface area contributed by atoms with Gasteiger partial charge >= 0.3 is 0 Å². The number of anilines is 1. The van der Waals surface area contributed by atoms with E-state index in [2.05, 4.69) is 19.9 Å². The van der Waals surface area contributed by atoms with Crippen LogP contribution in [0.1, 0.15) is 0 Å². The maximum atomic E-state index is 10.6. The lowest BCUT2D eigenvalue weighted by Gasteiger charge is -2.32. The summed E-state index contributed by atoms with van der Waals surface area (Å²) in [5, 5.41) is 0. The summed E-state index contributed by atoms with van der Waals surface area (Å²) in [4.78, 5) is 31.4. The lowest BCUT2D eigenvalue weighted by Crippen LogP contribution is -2.46. The third-order valence-electron chi connectivity index (χ3n) is 2.96. The molecule has 0 radical (unpaired) electrons. The largest absolute Gasteiger partial charge is 0.342 e. The molecule has 1 aliphatic rings. The Morgan fingerprint density at radius 1 is 1.06 bits per heavy atom. The standard InChI is InChI=1S/C11H12N6O/c18-8-16-3-5-17(6-4-16)11-14-7-9-10(15-11)13-2-1-12-9/h1-2,7-8H,3-6H2. The normalized spacial score (nSPS) is 16.0. The second-order valence-corrected chi connectivity index (χ2v) is 4.06. The zero-order valence-electron chi connectivity index (χ0n) is 9.73. The molecule has 0 spiro atoms. The topological polar surface area (TPSA) is 75.1 Å². The number of aromatic nitrogens is 4. The molecule has 0 saturated carbocycles. The van der Waals surface area contributed by atoms with Gasteiger partial charge in [-0.1, -0.05) is 0 Å². The van der Waals surface area contributed by atoms with E-state index in [0.717, 1.165) is 19.5 Å². The number of hydrogen-bond acceptors (Lipinski definition) is 6. The highest BCUT2D eigenvalue weighted by Gasteiger charge is 2.18. The van der Waals surface area contributed by atoms with E-state index in [1.807, 2.05) is 4.90 Å².